The Hall–Kier alpha value is -3.54. The van der Waals surface area contributed by atoms with Crippen molar-refractivity contribution in [1.29, 1.82) is 0 Å². The minimum absolute atomic E-state index is 0.338. The van der Waals surface area contributed by atoms with Crippen LogP contribution in [0.4, 0.5) is 5.69 Å². The van der Waals surface area contributed by atoms with E-state index in [1.54, 1.807) is 24.5 Å². The van der Waals surface area contributed by atoms with Crippen LogP contribution in [0.25, 0.3) is 6.08 Å². The number of hydrogen-bond acceptors (Lipinski definition) is 4. The summed E-state index contributed by atoms with van der Waals surface area (Å²) in [6, 6.07) is 14.8. The third-order valence-electron chi connectivity index (χ3n) is 4.31. The molecular formula is C22H22N2O4. The molecule has 0 aliphatic carbocycles. The first-order valence-corrected chi connectivity index (χ1v) is 8.92. The quantitative estimate of drug-likeness (QED) is 0.499. The van der Waals surface area contributed by atoms with Gasteiger partial charge in [-0.2, -0.15) is 0 Å². The van der Waals surface area contributed by atoms with Crippen LogP contribution in [0.1, 0.15) is 22.7 Å². The number of aromatic nitrogens is 1. The molecule has 3 aromatic rings. The average Bonchev–Trinajstić information content (AvgIpc) is 3.29. The molecule has 1 aromatic carbocycles. The van der Waals surface area contributed by atoms with Gasteiger partial charge in [-0.05, 0) is 55.8 Å². The Morgan fingerprint density at radius 3 is 2.64 bits per heavy atom. The number of rotatable bonds is 7. The summed E-state index contributed by atoms with van der Waals surface area (Å²) >= 11 is 0. The molecule has 0 atom stereocenters. The summed E-state index contributed by atoms with van der Waals surface area (Å²) in [6.07, 6.45) is 4.67. The molecule has 0 aliphatic rings. The molecule has 0 bridgehead atoms. The predicted molar refractivity (Wildman–Crippen MR) is 107 cm³/mol. The Kier molecular flexibility index (Phi) is 6.11. The largest absolute Gasteiger partial charge is 0.467 e. The molecule has 2 heterocycles. The molecule has 0 radical (unpaired) electrons. The maximum absolute atomic E-state index is 11.9. The first-order chi connectivity index (χ1) is 13.5. The van der Waals surface area contributed by atoms with Gasteiger partial charge in [-0.25, -0.2) is 4.79 Å². The summed E-state index contributed by atoms with van der Waals surface area (Å²) in [4.78, 5) is 23.7. The van der Waals surface area contributed by atoms with Crippen LogP contribution in [0.3, 0.4) is 0 Å². The van der Waals surface area contributed by atoms with Crippen molar-refractivity contribution in [2.75, 3.05) is 11.9 Å². The molecule has 2 aromatic heterocycles. The van der Waals surface area contributed by atoms with E-state index in [4.69, 9.17) is 9.15 Å². The average molecular weight is 378 g/mol. The van der Waals surface area contributed by atoms with Crippen molar-refractivity contribution in [2.45, 2.75) is 20.4 Å². The van der Waals surface area contributed by atoms with E-state index in [2.05, 4.69) is 9.88 Å². The Bertz CT molecular complexity index is 970. The highest BCUT2D eigenvalue weighted by Crippen LogP contribution is 2.18. The molecular weight excluding hydrogens is 356 g/mol. The highest BCUT2D eigenvalue weighted by Gasteiger charge is 2.10. The van der Waals surface area contributed by atoms with E-state index in [0.29, 0.717) is 12.2 Å². The SMILES string of the molecule is Cc1cc(/C=C/C(=O)OCC(=O)Nc2ccccc2)c(C)n1Cc1ccco1. The molecule has 6 heteroatoms. The van der Waals surface area contributed by atoms with Crippen LogP contribution in [0.5, 0.6) is 0 Å². The van der Waals surface area contributed by atoms with Gasteiger partial charge in [-0.15, -0.1) is 0 Å². The van der Waals surface area contributed by atoms with Gasteiger partial charge in [-0.3, -0.25) is 4.79 Å². The van der Waals surface area contributed by atoms with Crippen LogP contribution in [-0.4, -0.2) is 23.1 Å². The number of anilines is 1. The Balaban J connectivity index is 1.54. The second kappa shape index (κ2) is 8.90. The standard InChI is InChI=1S/C22H22N2O4/c1-16-13-18(17(2)24(16)14-20-9-6-12-27-20)10-11-22(26)28-15-21(25)23-19-7-4-3-5-8-19/h3-13H,14-15H2,1-2H3,(H,23,25)/b11-10+. The number of benzene rings is 1. The van der Waals surface area contributed by atoms with E-state index in [9.17, 15) is 9.59 Å². The highest BCUT2D eigenvalue weighted by molar-refractivity contribution is 5.94. The van der Waals surface area contributed by atoms with Gasteiger partial charge in [0.05, 0.1) is 12.8 Å². The fourth-order valence-corrected chi connectivity index (χ4v) is 2.86. The molecule has 1 N–H and O–H groups in total. The van der Waals surface area contributed by atoms with Gasteiger partial charge in [0.15, 0.2) is 6.61 Å². The number of esters is 1. The number of carbonyl (C=O) groups is 2. The minimum Gasteiger partial charge on any atom is -0.467 e. The summed E-state index contributed by atoms with van der Waals surface area (Å²) in [5.41, 5.74) is 3.64. The molecule has 6 nitrogen and oxygen atoms in total. The number of para-hydroxylation sites is 1. The van der Waals surface area contributed by atoms with Gasteiger partial charge in [0.1, 0.15) is 5.76 Å². The lowest BCUT2D eigenvalue weighted by Gasteiger charge is -2.07. The second-order valence-electron chi connectivity index (χ2n) is 6.35. The molecule has 0 saturated heterocycles. The smallest absolute Gasteiger partial charge is 0.331 e. The molecule has 3 rings (SSSR count). The molecule has 0 saturated carbocycles. The van der Waals surface area contributed by atoms with E-state index in [1.165, 1.54) is 6.08 Å². The normalized spacial score (nSPS) is 10.9. The van der Waals surface area contributed by atoms with Gasteiger partial charge in [-0.1, -0.05) is 18.2 Å². The van der Waals surface area contributed by atoms with Crippen molar-refractivity contribution < 1.29 is 18.7 Å². The molecule has 1 amide bonds. The molecule has 0 unspecified atom stereocenters. The van der Waals surface area contributed by atoms with Crippen molar-refractivity contribution in [3.05, 3.63) is 83.6 Å². The van der Waals surface area contributed by atoms with Gasteiger partial charge >= 0.3 is 5.97 Å². The summed E-state index contributed by atoms with van der Waals surface area (Å²) in [6.45, 7) is 4.27. The van der Waals surface area contributed by atoms with Crippen LogP contribution in [0.15, 0.2) is 65.3 Å². The van der Waals surface area contributed by atoms with Crippen LogP contribution < -0.4 is 5.32 Å². The molecule has 28 heavy (non-hydrogen) atoms. The minimum atomic E-state index is -0.570. The topological polar surface area (TPSA) is 73.5 Å². The van der Waals surface area contributed by atoms with Crippen molar-refractivity contribution in [3.8, 4) is 0 Å². The second-order valence-corrected chi connectivity index (χ2v) is 6.35. The molecule has 0 spiro atoms. The number of aryl methyl sites for hydroxylation is 1. The number of carbonyl (C=O) groups excluding carboxylic acids is 2. The summed E-state index contributed by atoms with van der Waals surface area (Å²) in [7, 11) is 0. The highest BCUT2D eigenvalue weighted by atomic mass is 16.5. The summed E-state index contributed by atoms with van der Waals surface area (Å²) in [5.74, 6) is -0.0928. The maximum Gasteiger partial charge on any atom is 0.331 e. The monoisotopic (exact) mass is 378 g/mol. The fraction of sp³-hybridized carbons (Fsp3) is 0.182. The first-order valence-electron chi connectivity index (χ1n) is 8.92. The summed E-state index contributed by atoms with van der Waals surface area (Å²) < 4.78 is 12.5. The number of furan rings is 1. The van der Waals surface area contributed by atoms with E-state index in [0.717, 1.165) is 22.7 Å². The maximum atomic E-state index is 11.9. The fourth-order valence-electron chi connectivity index (χ4n) is 2.86. The lowest BCUT2D eigenvalue weighted by atomic mass is 10.2. The van der Waals surface area contributed by atoms with Crippen LogP contribution >= 0.6 is 0 Å². The molecule has 0 aliphatic heterocycles. The van der Waals surface area contributed by atoms with Gasteiger partial charge in [0.2, 0.25) is 0 Å². The lowest BCUT2D eigenvalue weighted by molar-refractivity contribution is -0.142. The number of nitrogens with zero attached hydrogens (tertiary/aromatic N) is 1. The summed E-state index contributed by atoms with van der Waals surface area (Å²) in [5, 5.41) is 2.66. The number of nitrogens with one attached hydrogen (secondary N) is 1. The zero-order valence-corrected chi connectivity index (χ0v) is 15.8. The molecule has 0 fully saturated rings. The third-order valence-corrected chi connectivity index (χ3v) is 4.31. The van der Waals surface area contributed by atoms with E-state index < -0.39 is 5.97 Å². The van der Waals surface area contributed by atoms with Crippen LogP contribution in [0, 0.1) is 13.8 Å². The Labute approximate surface area is 163 Å². The van der Waals surface area contributed by atoms with E-state index >= 15 is 0 Å². The molecule has 144 valence electrons. The Morgan fingerprint density at radius 2 is 1.93 bits per heavy atom. The predicted octanol–water partition coefficient (Wildman–Crippen LogP) is 3.94. The number of ether oxygens (including phenoxy) is 1. The first kappa shape index (κ1) is 19.2. The van der Waals surface area contributed by atoms with Crippen molar-refractivity contribution in [1.82, 2.24) is 4.57 Å². The van der Waals surface area contributed by atoms with Gasteiger partial charge in [0.25, 0.3) is 5.91 Å². The lowest BCUT2D eigenvalue weighted by Crippen LogP contribution is -2.20. The van der Waals surface area contributed by atoms with Crippen molar-refractivity contribution in [3.63, 3.8) is 0 Å². The number of amides is 1. The zero-order valence-electron chi connectivity index (χ0n) is 15.8. The number of hydrogen-bond donors (Lipinski definition) is 1. The van der Waals surface area contributed by atoms with E-state index in [1.807, 2.05) is 50.2 Å². The van der Waals surface area contributed by atoms with Gasteiger partial charge in [0, 0.05) is 23.2 Å². The van der Waals surface area contributed by atoms with Crippen LogP contribution in [0.2, 0.25) is 0 Å². The van der Waals surface area contributed by atoms with Crippen molar-refractivity contribution >= 4 is 23.6 Å². The third kappa shape index (κ3) is 5.01. The van der Waals surface area contributed by atoms with Crippen molar-refractivity contribution in [2.24, 2.45) is 0 Å². The van der Waals surface area contributed by atoms with Crippen LogP contribution in [-0.2, 0) is 20.9 Å². The Morgan fingerprint density at radius 1 is 1.14 bits per heavy atom. The van der Waals surface area contributed by atoms with Gasteiger partial charge < -0.3 is 19.0 Å². The van der Waals surface area contributed by atoms with E-state index in [-0.39, 0.29) is 12.5 Å². The zero-order chi connectivity index (χ0) is 19.9.